The molecule has 1 radical (unpaired) electrons. The minimum Gasteiger partial charge on any atom is -0.206 e. The zero-order valence-electron chi connectivity index (χ0n) is 7.70. The van der Waals surface area contributed by atoms with E-state index < -0.39 is 0 Å². The van der Waals surface area contributed by atoms with Gasteiger partial charge in [-0.1, -0.05) is 42.5 Å². The highest BCUT2D eigenvalue weighted by Crippen LogP contribution is 2.25. The Kier molecular flexibility index (Phi) is 2.32. The molecular formula is C13H10F. The summed E-state index contributed by atoms with van der Waals surface area (Å²) in [6.07, 6.45) is 0. The topological polar surface area (TPSA) is 0 Å². The Bertz CT molecular complexity index is 403. The number of rotatable bonds is 1. The number of hydrogen-bond acceptors (Lipinski definition) is 0. The van der Waals surface area contributed by atoms with Crippen molar-refractivity contribution in [1.82, 2.24) is 0 Å². The molecule has 69 valence electrons. The normalized spacial score (nSPS) is 10.1. The molecule has 1 heteroatoms. The first kappa shape index (κ1) is 8.95. The first-order valence-electron chi connectivity index (χ1n) is 4.45. The molecule has 0 unspecified atom stereocenters. The highest BCUT2D eigenvalue weighted by atomic mass is 19.1. The van der Waals surface area contributed by atoms with Crippen molar-refractivity contribution in [3.8, 4) is 11.1 Å². The molecule has 0 saturated carbocycles. The largest absolute Gasteiger partial charge is 0.206 e. The van der Waals surface area contributed by atoms with Crippen molar-refractivity contribution in [2.45, 2.75) is 0 Å². The number of hydrogen-bond donors (Lipinski definition) is 0. The van der Waals surface area contributed by atoms with E-state index in [4.69, 9.17) is 0 Å². The van der Waals surface area contributed by atoms with Crippen LogP contribution in [-0.4, -0.2) is 0 Å². The second-order valence-electron chi connectivity index (χ2n) is 3.14. The summed E-state index contributed by atoms with van der Waals surface area (Å²) in [5, 5.41) is 0. The predicted molar refractivity (Wildman–Crippen MR) is 56.3 cm³/mol. The standard InChI is InChI=1S/C13H10F/c1-10-6-2-3-7-11(10)12-8-4-5-9-13(12)14/h2-9H,1H2. The third kappa shape index (κ3) is 1.53. The second kappa shape index (κ2) is 3.62. The Morgan fingerprint density at radius 2 is 1.36 bits per heavy atom. The molecule has 0 fully saturated rings. The van der Waals surface area contributed by atoms with E-state index in [1.54, 1.807) is 12.1 Å². The molecule has 0 saturated heterocycles. The van der Waals surface area contributed by atoms with Crippen molar-refractivity contribution in [3.05, 3.63) is 66.8 Å². The molecule has 0 aromatic heterocycles. The van der Waals surface area contributed by atoms with Gasteiger partial charge in [0.05, 0.1) is 0 Å². The van der Waals surface area contributed by atoms with Crippen molar-refractivity contribution >= 4 is 0 Å². The zero-order chi connectivity index (χ0) is 9.97. The third-order valence-electron chi connectivity index (χ3n) is 2.18. The van der Waals surface area contributed by atoms with Crippen LogP contribution in [0.1, 0.15) is 5.56 Å². The van der Waals surface area contributed by atoms with Crippen molar-refractivity contribution in [2.24, 2.45) is 0 Å². The van der Waals surface area contributed by atoms with Gasteiger partial charge in [0.15, 0.2) is 0 Å². The van der Waals surface area contributed by atoms with Gasteiger partial charge < -0.3 is 0 Å². The molecule has 0 aliphatic heterocycles. The zero-order valence-corrected chi connectivity index (χ0v) is 7.70. The molecule has 14 heavy (non-hydrogen) atoms. The Hall–Kier alpha value is -1.63. The summed E-state index contributed by atoms with van der Waals surface area (Å²) >= 11 is 0. The average Bonchev–Trinajstić information content (AvgIpc) is 2.20. The summed E-state index contributed by atoms with van der Waals surface area (Å²) in [7, 11) is 0. The third-order valence-corrected chi connectivity index (χ3v) is 2.18. The summed E-state index contributed by atoms with van der Waals surface area (Å²) in [5.74, 6) is -0.205. The van der Waals surface area contributed by atoms with Gasteiger partial charge in [-0.05, 0) is 24.1 Å². The Balaban J connectivity index is 2.61. The van der Waals surface area contributed by atoms with E-state index in [2.05, 4.69) is 6.92 Å². The Morgan fingerprint density at radius 3 is 2.00 bits per heavy atom. The molecule has 0 aliphatic rings. The monoisotopic (exact) mass is 185 g/mol. The minimum atomic E-state index is -0.205. The SMILES string of the molecule is [CH2]c1ccccc1-c1ccccc1F. The molecule has 2 aromatic carbocycles. The summed E-state index contributed by atoms with van der Waals surface area (Å²) in [4.78, 5) is 0. The summed E-state index contributed by atoms with van der Waals surface area (Å²) in [5.41, 5.74) is 2.31. The molecular weight excluding hydrogens is 175 g/mol. The molecule has 0 aliphatic carbocycles. The fraction of sp³-hybridized carbons (Fsp3) is 0. The van der Waals surface area contributed by atoms with E-state index in [-0.39, 0.29) is 5.82 Å². The summed E-state index contributed by atoms with van der Waals surface area (Å²) in [6, 6.07) is 14.3. The summed E-state index contributed by atoms with van der Waals surface area (Å²) < 4.78 is 13.4. The van der Waals surface area contributed by atoms with Crippen LogP contribution in [0.3, 0.4) is 0 Å². The molecule has 0 atom stereocenters. The predicted octanol–water partition coefficient (Wildman–Crippen LogP) is 3.67. The molecule has 0 N–H and O–H groups in total. The lowest BCUT2D eigenvalue weighted by atomic mass is 10.0. The average molecular weight is 185 g/mol. The molecule has 0 amide bonds. The van der Waals surface area contributed by atoms with Gasteiger partial charge in [0.1, 0.15) is 5.82 Å². The van der Waals surface area contributed by atoms with E-state index in [0.717, 1.165) is 11.1 Å². The van der Waals surface area contributed by atoms with E-state index >= 15 is 0 Å². The second-order valence-corrected chi connectivity index (χ2v) is 3.14. The number of benzene rings is 2. The van der Waals surface area contributed by atoms with Crippen molar-refractivity contribution in [1.29, 1.82) is 0 Å². The van der Waals surface area contributed by atoms with E-state index in [1.165, 1.54) is 6.07 Å². The van der Waals surface area contributed by atoms with Gasteiger partial charge in [0.2, 0.25) is 0 Å². The quantitative estimate of drug-likeness (QED) is 0.635. The first-order chi connectivity index (χ1) is 6.79. The Labute approximate surface area is 83.0 Å². The lowest BCUT2D eigenvalue weighted by Crippen LogP contribution is -1.86. The maximum absolute atomic E-state index is 13.4. The van der Waals surface area contributed by atoms with Gasteiger partial charge in [-0.2, -0.15) is 0 Å². The van der Waals surface area contributed by atoms with E-state index in [0.29, 0.717) is 5.56 Å². The van der Waals surface area contributed by atoms with Crippen LogP contribution in [0.15, 0.2) is 48.5 Å². The number of halogens is 1. The van der Waals surface area contributed by atoms with E-state index in [9.17, 15) is 4.39 Å². The van der Waals surface area contributed by atoms with Gasteiger partial charge in [0.25, 0.3) is 0 Å². The lowest BCUT2D eigenvalue weighted by molar-refractivity contribution is 0.631. The van der Waals surface area contributed by atoms with Gasteiger partial charge >= 0.3 is 0 Å². The van der Waals surface area contributed by atoms with Crippen LogP contribution >= 0.6 is 0 Å². The highest BCUT2D eigenvalue weighted by Gasteiger charge is 2.04. The van der Waals surface area contributed by atoms with Crippen molar-refractivity contribution < 1.29 is 4.39 Å². The Morgan fingerprint density at radius 1 is 0.786 bits per heavy atom. The van der Waals surface area contributed by atoms with Crippen molar-refractivity contribution in [3.63, 3.8) is 0 Å². The molecule has 0 heterocycles. The molecule has 0 bridgehead atoms. The maximum atomic E-state index is 13.4. The van der Waals surface area contributed by atoms with Gasteiger partial charge in [-0.3, -0.25) is 0 Å². The van der Waals surface area contributed by atoms with Crippen LogP contribution in [0.4, 0.5) is 4.39 Å². The maximum Gasteiger partial charge on any atom is 0.131 e. The summed E-state index contributed by atoms with van der Waals surface area (Å²) in [6.45, 7) is 3.87. The highest BCUT2D eigenvalue weighted by molar-refractivity contribution is 5.68. The molecule has 0 nitrogen and oxygen atoms in total. The minimum absolute atomic E-state index is 0.205. The van der Waals surface area contributed by atoms with Crippen molar-refractivity contribution in [2.75, 3.05) is 0 Å². The van der Waals surface area contributed by atoms with Crippen LogP contribution in [-0.2, 0) is 0 Å². The van der Waals surface area contributed by atoms with Crippen LogP contribution in [0.2, 0.25) is 0 Å². The molecule has 0 spiro atoms. The van der Waals surface area contributed by atoms with Crippen LogP contribution in [0.5, 0.6) is 0 Å². The van der Waals surface area contributed by atoms with Gasteiger partial charge in [-0.25, -0.2) is 4.39 Å². The van der Waals surface area contributed by atoms with Gasteiger partial charge in [-0.15, -0.1) is 0 Å². The lowest BCUT2D eigenvalue weighted by Gasteiger charge is -2.05. The van der Waals surface area contributed by atoms with Crippen LogP contribution < -0.4 is 0 Å². The van der Waals surface area contributed by atoms with E-state index in [1.807, 2.05) is 30.3 Å². The first-order valence-corrected chi connectivity index (χ1v) is 4.45. The smallest absolute Gasteiger partial charge is 0.131 e. The molecule has 2 rings (SSSR count). The van der Waals surface area contributed by atoms with Crippen LogP contribution in [0.25, 0.3) is 11.1 Å². The van der Waals surface area contributed by atoms with Gasteiger partial charge in [0, 0.05) is 5.56 Å². The fourth-order valence-corrected chi connectivity index (χ4v) is 1.46. The molecule has 2 aromatic rings. The fourth-order valence-electron chi connectivity index (χ4n) is 1.46. The van der Waals surface area contributed by atoms with Crippen LogP contribution in [0, 0.1) is 12.7 Å².